The Morgan fingerprint density at radius 3 is 2.15 bits per heavy atom. The number of hydrogen-bond acceptors (Lipinski definition) is 1. The molecule has 0 amide bonds. The number of benzene rings is 1. The highest BCUT2D eigenvalue weighted by Crippen LogP contribution is 2.12. The van der Waals surface area contributed by atoms with Crippen LogP contribution >= 0.6 is 11.6 Å². The Hall–Kier alpha value is -1.16. The smallest absolute Gasteiger partial charge is 0.300 e. The van der Waals surface area contributed by atoms with Crippen LogP contribution in [0.3, 0.4) is 0 Å². The Labute approximate surface area is 78.8 Å². The first-order valence-corrected chi connectivity index (χ1v) is 3.61. The third-order valence-corrected chi connectivity index (χ3v) is 1.12. The third kappa shape index (κ3) is 6.04. The molecule has 1 N–H and O–H groups in total. The molecule has 0 fully saturated rings. The fraction of sp³-hybridized carbons (Fsp3) is 0.125. The lowest BCUT2D eigenvalue weighted by molar-refractivity contribution is -0.134. The molecule has 5 heteroatoms. The molecule has 0 spiro atoms. The largest absolute Gasteiger partial charge is 0.481 e. The van der Waals surface area contributed by atoms with E-state index in [1.54, 1.807) is 0 Å². The first kappa shape index (κ1) is 11.8. The van der Waals surface area contributed by atoms with Crippen molar-refractivity contribution in [2.24, 2.45) is 0 Å². The van der Waals surface area contributed by atoms with Gasteiger partial charge < -0.3 is 5.11 Å². The molecule has 0 saturated heterocycles. The Kier molecular flexibility index (Phi) is 4.99. The van der Waals surface area contributed by atoms with E-state index in [1.807, 2.05) is 0 Å². The van der Waals surface area contributed by atoms with Crippen LogP contribution < -0.4 is 0 Å². The van der Waals surface area contributed by atoms with Crippen LogP contribution in [0.4, 0.5) is 8.78 Å². The molecular formula is C8H7ClF2O2. The minimum Gasteiger partial charge on any atom is -0.481 e. The molecule has 0 heterocycles. The van der Waals surface area contributed by atoms with Gasteiger partial charge >= 0.3 is 0 Å². The first-order valence-electron chi connectivity index (χ1n) is 3.23. The van der Waals surface area contributed by atoms with Gasteiger partial charge in [0.2, 0.25) is 0 Å². The summed E-state index contributed by atoms with van der Waals surface area (Å²) < 4.78 is 24.2. The van der Waals surface area contributed by atoms with E-state index in [9.17, 15) is 8.78 Å². The van der Waals surface area contributed by atoms with Gasteiger partial charge in [-0.25, -0.2) is 8.78 Å². The van der Waals surface area contributed by atoms with Crippen LogP contribution in [-0.2, 0) is 4.79 Å². The van der Waals surface area contributed by atoms with Crippen molar-refractivity contribution in [1.82, 2.24) is 0 Å². The van der Waals surface area contributed by atoms with Gasteiger partial charge in [-0.3, -0.25) is 4.79 Å². The Balaban J connectivity index is 0.000000310. The summed E-state index contributed by atoms with van der Waals surface area (Å²) in [4.78, 5) is 9.00. The second kappa shape index (κ2) is 5.48. The molecule has 0 atom stereocenters. The maximum absolute atomic E-state index is 12.1. The van der Waals surface area contributed by atoms with Gasteiger partial charge in [0.1, 0.15) is 0 Å². The fourth-order valence-electron chi connectivity index (χ4n) is 0.470. The van der Waals surface area contributed by atoms with Crippen LogP contribution in [0.1, 0.15) is 6.92 Å². The second-order valence-electron chi connectivity index (χ2n) is 2.08. The average molecular weight is 209 g/mol. The molecule has 0 saturated carbocycles. The topological polar surface area (TPSA) is 37.3 Å². The molecule has 13 heavy (non-hydrogen) atoms. The van der Waals surface area contributed by atoms with Crippen LogP contribution in [0.25, 0.3) is 0 Å². The zero-order valence-electron chi connectivity index (χ0n) is 6.72. The SMILES string of the molecule is CC(=O)O.Fc1ccc(Cl)cc1F. The average Bonchev–Trinajstić information content (AvgIpc) is 1.96. The highest BCUT2D eigenvalue weighted by Gasteiger charge is 1.98. The lowest BCUT2D eigenvalue weighted by Crippen LogP contribution is -1.79. The van der Waals surface area contributed by atoms with Gasteiger partial charge in [-0.2, -0.15) is 0 Å². The number of aliphatic carboxylic acids is 1. The monoisotopic (exact) mass is 208 g/mol. The van der Waals surface area contributed by atoms with E-state index in [1.165, 1.54) is 6.07 Å². The summed E-state index contributed by atoms with van der Waals surface area (Å²) >= 11 is 5.31. The van der Waals surface area contributed by atoms with Gasteiger partial charge in [-0.05, 0) is 18.2 Å². The molecule has 1 rings (SSSR count). The normalized spacial score (nSPS) is 8.62. The standard InChI is InChI=1S/C6H3ClF2.C2H4O2/c7-4-1-2-5(8)6(9)3-4;1-2(3)4/h1-3H;1H3,(H,3,4). The van der Waals surface area contributed by atoms with Crippen molar-refractivity contribution in [2.45, 2.75) is 6.92 Å². The van der Waals surface area contributed by atoms with Crippen molar-refractivity contribution in [3.8, 4) is 0 Å². The summed E-state index contributed by atoms with van der Waals surface area (Å²) in [5, 5.41) is 7.62. The van der Waals surface area contributed by atoms with Crippen molar-refractivity contribution in [1.29, 1.82) is 0 Å². The minimum absolute atomic E-state index is 0.203. The van der Waals surface area contributed by atoms with E-state index >= 15 is 0 Å². The predicted octanol–water partition coefficient (Wildman–Crippen LogP) is 2.71. The lowest BCUT2D eigenvalue weighted by atomic mass is 10.3. The summed E-state index contributed by atoms with van der Waals surface area (Å²) in [6, 6.07) is 3.20. The van der Waals surface area contributed by atoms with Crippen LogP contribution in [-0.4, -0.2) is 11.1 Å². The van der Waals surface area contributed by atoms with Gasteiger partial charge in [0.05, 0.1) is 0 Å². The van der Waals surface area contributed by atoms with Crippen LogP contribution in [0, 0.1) is 11.6 Å². The zero-order chi connectivity index (χ0) is 10.4. The molecule has 0 aliphatic heterocycles. The van der Waals surface area contributed by atoms with E-state index in [0.29, 0.717) is 0 Å². The molecular weight excluding hydrogens is 202 g/mol. The molecule has 0 aliphatic rings. The van der Waals surface area contributed by atoms with E-state index in [4.69, 9.17) is 21.5 Å². The summed E-state index contributed by atoms with van der Waals surface area (Å²) in [5.74, 6) is -2.62. The van der Waals surface area contributed by atoms with E-state index in [0.717, 1.165) is 19.1 Å². The van der Waals surface area contributed by atoms with Crippen molar-refractivity contribution in [2.75, 3.05) is 0 Å². The van der Waals surface area contributed by atoms with E-state index in [-0.39, 0.29) is 5.02 Å². The predicted molar refractivity (Wildman–Crippen MR) is 44.7 cm³/mol. The minimum atomic E-state index is -0.914. The number of halogens is 3. The highest BCUT2D eigenvalue weighted by molar-refractivity contribution is 6.30. The summed E-state index contributed by atoms with van der Waals surface area (Å²) in [5.41, 5.74) is 0. The molecule has 0 aliphatic carbocycles. The first-order chi connectivity index (χ1) is 5.93. The second-order valence-corrected chi connectivity index (χ2v) is 2.51. The van der Waals surface area contributed by atoms with Gasteiger partial charge in [-0.15, -0.1) is 0 Å². The van der Waals surface area contributed by atoms with Crippen molar-refractivity contribution in [3.63, 3.8) is 0 Å². The maximum Gasteiger partial charge on any atom is 0.300 e. The van der Waals surface area contributed by atoms with E-state index < -0.39 is 17.6 Å². The number of rotatable bonds is 0. The van der Waals surface area contributed by atoms with Crippen LogP contribution in [0.15, 0.2) is 18.2 Å². The molecule has 1 aromatic carbocycles. The summed E-state index contributed by atoms with van der Waals surface area (Å²) in [7, 11) is 0. The highest BCUT2D eigenvalue weighted by atomic mass is 35.5. The Morgan fingerprint density at radius 1 is 1.38 bits per heavy atom. The molecule has 0 aromatic heterocycles. The quantitative estimate of drug-likeness (QED) is 0.666. The zero-order valence-corrected chi connectivity index (χ0v) is 7.48. The maximum atomic E-state index is 12.1. The fourth-order valence-corrected chi connectivity index (χ4v) is 0.629. The lowest BCUT2D eigenvalue weighted by Gasteiger charge is -1.90. The van der Waals surface area contributed by atoms with Crippen molar-refractivity contribution < 1.29 is 18.7 Å². The molecule has 0 radical (unpaired) electrons. The molecule has 0 bridgehead atoms. The number of carboxylic acids is 1. The summed E-state index contributed by atoms with van der Waals surface area (Å²) in [6.07, 6.45) is 0. The van der Waals surface area contributed by atoms with Gasteiger partial charge in [-0.1, -0.05) is 11.6 Å². The van der Waals surface area contributed by atoms with E-state index in [2.05, 4.69) is 0 Å². The van der Waals surface area contributed by atoms with Gasteiger partial charge in [0, 0.05) is 11.9 Å². The molecule has 0 unspecified atom stereocenters. The van der Waals surface area contributed by atoms with Crippen molar-refractivity contribution in [3.05, 3.63) is 34.9 Å². The number of carboxylic acid groups (broad SMARTS) is 1. The third-order valence-electron chi connectivity index (χ3n) is 0.882. The summed E-state index contributed by atoms with van der Waals surface area (Å²) in [6.45, 7) is 1.08. The number of carbonyl (C=O) groups is 1. The van der Waals surface area contributed by atoms with Crippen molar-refractivity contribution >= 4 is 17.6 Å². The Bertz CT molecular complexity index is 298. The van der Waals surface area contributed by atoms with Crippen LogP contribution in [0.5, 0.6) is 0 Å². The van der Waals surface area contributed by atoms with Gasteiger partial charge in [0.15, 0.2) is 11.6 Å². The number of hydrogen-bond donors (Lipinski definition) is 1. The van der Waals surface area contributed by atoms with Gasteiger partial charge in [0.25, 0.3) is 5.97 Å². The molecule has 2 nitrogen and oxygen atoms in total. The van der Waals surface area contributed by atoms with Crippen LogP contribution in [0.2, 0.25) is 5.02 Å². The Morgan fingerprint density at radius 2 is 1.85 bits per heavy atom. The molecule has 72 valence electrons. The molecule has 1 aromatic rings.